The molecule has 1 amide bonds. The molecule has 0 aliphatic carbocycles. The number of nitro groups is 1. The number of rotatable bonds is 5. The minimum absolute atomic E-state index is 0.0733. The van der Waals surface area contributed by atoms with Gasteiger partial charge in [0.25, 0.3) is 11.6 Å². The molecule has 0 aliphatic rings. The van der Waals surface area contributed by atoms with E-state index in [0.29, 0.717) is 4.90 Å². The van der Waals surface area contributed by atoms with Gasteiger partial charge in [0.15, 0.2) is 0 Å². The lowest BCUT2D eigenvalue weighted by atomic mass is 10.1. The molecule has 0 aliphatic heterocycles. The van der Waals surface area contributed by atoms with Gasteiger partial charge in [-0.1, -0.05) is 0 Å². The van der Waals surface area contributed by atoms with Gasteiger partial charge in [0, 0.05) is 18.2 Å². The van der Waals surface area contributed by atoms with Gasteiger partial charge in [-0.05, 0) is 32.2 Å². The monoisotopic (exact) mass is 284 g/mol. The summed E-state index contributed by atoms with van der Waals surface area (Å²) in [5, 5.41) is 22.9. The van der Waals surface area contributed by atoms with E-state index in [2.05, 4.69) is 5.32 Å². The third-order valence-corrected chi connectivity index (χ3v) is 3.10. The topological polar surface area (TPSA) is 92.5 Å². The summed E-state index contributed by atoms with van der Waals surface area (Å²) in [6, 6.07) is 4.31. The molecular formula is C12H16N2O4S. The maximum Gasteiger partial charge on any atom is 0.283 e. The fraction of sp³-hybridized carbons (Fsp3) is 0.417. The second-order valence-electron chi connectivity index (χ2n) is 4.64. The van der Waals surface area contributed by atoms with Crippen LogP contribution in [0, 0.1) is 10.1 Å². The molecule has 1 rings (SSSR count). The van der Waals surface area contributed by atoms with Gasteiger partial charge in [0.05, 0.1) is 15.4 Å². The van der Waals surface area contributed by atoms with Crippen LogP contribution in [0.5, 0.6) is 0 Å². The van der Waals surface area contributed by atoms with Crippen LogP contribution in [0.3, 0.4) is 0 Å². The van der Waals surface area contributed by atoms with Crippen LogP contribution in [0.4, 0.5) is 5.69 Å². The lowest BCUT2D eigenvalue weighted by Gasteiger charge is -2.17. The summed E-state index contributed by atoms with van der Waals surface area (Å²) in [7, 11) is 0. The SMILES string of the molecule is CSc1ccc(C(=O)NCC(C)(C)O)cc1[N+](=O)[O-]. The average Bonchev–Trinajstić information content (AvgIpc) is 2.34. The van der Waals surface area contributed by atoms with E-state index in [0.717, 1.165) is 0 Å². The van der Waals surface area contributed by atoms with Crippen LogP contribution in [0.15, 0.2) is 23.1 Å². The van der Waals surface area contributed by atoms with E-state index in [-0.39, 0.29) is 17.8 Å². The van der Waals surface area contributed by atoms with Crippen molar-refractivity contribution < 1.29 is 14.8 Å². The number of hydrogen-bond acceptors (Lipinski definition) is 5. The lowest BCUT2D eigenvalue weighted by molar-refractivity contribution is -0.387. The zero-order valence-corrected chi connectivity index (χ0v) is 11.8. The Kier molecular flexibility index (Phi) is 4.90. The second-order valence-corrected chi connectivity index (χ2v) is 5.49. The van der Waals surface area contributed by atoms with Crippen LogP contribution in [-0.2, 0) is 0 Å². The average molecular weight is 284 g/mol. The lowest BCUT2D eigenvalue weighted by Crippen LogP contribution is -2.38. The van der Waals surface area contributed by atoms with Gasteiger partial charge in [0.2, 0.25) is 0 Å². The minimum atomic E-state index is -1.03. The maximum atomic E-state index is 11.8. The number of amides is 1. The Morgan fingerprint density at radius 2 is 2.16 bits per heavy atom. The zero-order chi connectivity index (χ0) is 14.6. The van der Waals surface area contributed by atoms with E-state index in [1.54, 1.807) is 26.2 Å². The molecule has 0 aromatic heterocycles. The number of carbonyl (C=O) groups is 1. The predicted octanol–water partition coefficient (Wildman–Crippen LogP) is 1.82. The number of carbonyl (C=O) groups excluding carboxylic acids is 1. The van der Waals surface area contributed by atoms with Crippen molar-refractivity contribution in [3.8, 4) is 0 Å². The van der Waals surface area contributed by atoms with Crippen LogP contribution in [0.25, 0.3) is 0 Å². The number of nitrogens with one attached hydrogen (secondary N) is 1. The maximum absolute atomic E-state index is 11.8. The van der Waals surface area contributed by atoms with Crippen molar-refractivity contribution in [2.24, 2.45) is 0 Å². The van der Waals surface area contributed by atoms with Crippen molar-refractivity contribution >= 4 is 23.4 Å². The molecule has 0 bridgehead atoms. The summed E-state index contributed by atoms with van der Waals surface area (Å²) in [6.45, 7) is 3.20. The van der Waals surface area contributed by atoms with Crippen molar-refractivity contribution in [1.29, 1.82) is 0 Å². The number of thioether (sulfide) groups is 1. The number of benzene rings is 1. The standard InChI is InChI=1S/C12H16N2O4S/c1-12(2,16)7-13-11(15)8-4-5-10(19-3)9(6-8)14(17)18/h4-6,16H,7H2,1-3H3,(H,13,15). The Morgan fingerprint density at radius 1 is 1.53 bits per heavy atom. The molecule has 19 heavy (non-hydrogen) atoms. The van der Waals surface area contributed by atoms with Crippen molar-refractivity contribution in [3.63, 3.8) is 0 Å². The Balaban J connectivity index is 2.93. The molecule has 0 heterocycles. The van der Waals surface area contributed by atoms with Gasteiger partial charge in [-0.2, -0.15) is 0 Å². The fourth-order valence-corrected chi connectivity index (χ4v) is 1.92. The number of nitrogens with zero attached hydrogens (tertiary/aromatic N) is 1. The van der Waals surface area contributed by atoms with Crippen molar-refractivity contribution in [2.75, 3.05) is 12.8 Å². The first kappa shape index (κ1) is 15.5. The summed E-state index contributed by atoms with van der Waals surface area (Å²) in [5.41, 5.74) is -0.918. The summed E-state index contributed by atoms with van der Waals surface area (Å²) >= 11 is 1.25. The molecule has 7 heteroatoms. The summed E-state index contributed by atoms with van der Waals surface area (Å²) in [4.78, 5) is 22.7. The molecule has 104 valence electrons. The van der Waals surface area contributed by atoms with Gasteiger partial charge in [0.1, 0.15) is 0 Å². The third kappa shape index (κ3) is 4.53. The second kappa shape index (κ2) is 6.03. The van der Waals surface area contributed by atoms with Gasteiger partial charge in [-0.25, -0.2) is 0 Å². The molecule has 0 saturated carbocycles. The molecule has 0 spiro atoms. The van der Waals surface area contributed by atoms with Crippen LogP contribution in [0.1, 0.15) is 24.2 Å². The Bertz CT molecular complexity index is 497. The summed E-state index contributed by atoms with van der Waals surface area (Å²) < 4.78 is 0. The van der Waals surface area contributed by atoms with E-state index in [1.807, 2.05) is 0 Å². The largest absolute Gasteiger partial charge is 0.389 e. The van der Waals surface area contributed by atoms with E-state index in [9.17, 15) is 20.0 Å². The highest BCUT2D eigenvalue weighted by atomic mass is 32.2. The highest BCUT2D eigenvalue weighted by Gasteiger charge is 2.19. The number of nitro benzene ring substituents is 1. The van der Waals surface area contributed by atoms with E-state index in [4.69, 9.17) is 0 Å². The van der Waals surface area contributed by atoms with Gasteiger partial charge in [-0.15, -0.1) is 11.8 Å². The highest BCUT2D eigenvalue weighted by Crippen LogP contribution is 2.28. The minimum Gasteiger partial charge on any atom is -0.389 e. The van der Waals surface area contributed by atoms with Gasteiger partial charge >= 0.3 is 0 Å². The Labute approximate surface area is 115 Å². The summed E-state index contributed by atoms with van der Waals surface area (Å²) in [5.74, 6) is -0.446. The van der Waals surface area contributed by atoms with Gasteiger partial charge in [-0.3, -0.25) is 14.9 Å². The Morgan fingerprint density at radius 3 is 2.63 bits per heavy atom. The predicted molar refractivity (Wildman–Crippen MR) is 73.5 cm³/mol. The molecule has 0 fully saturated rings. The molecule has 0 saturated heterocycles. The van der Waals surface area contributed by atoms with Crippen LogP contribution in [-0.4, -0.2) is 34.3 Å². The van der Waals surface area contributed by atoms with Crippen LogP contribution >= 0.6 is 11.8 Å². The van der Waals surface area contributed by atoms with Crippen LogP contribution in [0.2, 0.25) is 0 Å². The first-order valence-corrected chi connectivity index (χ1v) is 6.80. The quantitative estimate of drug-likeness (QED) is 0.489. The van der Waals surface area contributed by atoms with E-state index >= 15 is 0 Å². The molecule has 1 aromatic rings. The number of aliphatic hydroxyl groups is 1. The third-order valence-electron chi connectivity index (χ3n) is 2.32. The summed E-state index contributed by atoms with van der Waals surface area (Å²) in [6.07, 6.45) is 1.73. The molecule has 0 unspecified atom stereocenters. The van der Waals surface area contributed by atoms with Crippen molar-refractivity contribution in [1.82, 2.24) is 5.32 Å². The zero-order valence-electron chi connectivity index (χ0n) is 11.0. The van der Waals surface area contributed by atoms with E-state index in [1.165, 1.54) is 23.9 Å². The molecule has 0 radical (unpaired) electrons. The first-order chi connectivity index (χ1) is 8.74. The van der Waals surface area contributed by atoms with Crippen molar-refractivity contribution in [3.05, 3.63) is 33.9 Å². The molecular weight excluding hydrogens is 268 g/mol. The van der Waals surface area contributed by atoms with Gasteiger partial charge < -0.3 is 10.4 Å². The Hall–Kier alpha value is -1.60. The highest BCUT2D eigenvalue weighted by molar-refractivity contribution is 7.98. The van der Waals surface area contributed by atoms with E-state index < -0.39 is 16.4 Å². The number of hydrogen-bond donors (Lipinski definition) is 2. The molecule has 1 aromatic carbocycles. The fourth-order valence-electron chi connectivity index (χ4n) is 1.37. The molecule has 2 N–H and O–H groups in total. The normalized spacial score (nSPS) is 11.2. The first-order valence-electron chi connectivity index (χ1n) is 5.57. The van der Waals surface area contributed by atoms with Crippen LogP contribution < -0.4 is 5.32 Å². The van der Waals surface area contributed by atoms with Crippen molar-refractivity contribution in [2.45, 2.75) is 24.3 Å². The molecule has 6 nitrogen and oxygen atoms in total. The smallest absolute Gasteiger partial charge is 0.283 e. The molecule has 0 atom stereocenters.